The Balaban J connectivity index is 1.99. The molecule has 0 atom stereocenters. The average molecular weight is 325 g/mol. The summed E-state index contributed by atoms with van der Waals surface area (Å²) in [6.07, 6.45) is 0. The number of carbonyl (C=O) groups excluding carboxylic acids is 3. The highest BCUT2D eigenvalue weighted by Crippen LogP contribution is 2.29. The third kappa shape index (κ3) is 2.32. The number of carbonyl (C=O) groups is 4. The van der Waals surface area contributed by atoms with Crippen molar-refractivity contribution in [2.45, 2.75) is 0 Å². The van der Waals surface area contributed by atoms with Crippen LogP contribution in [0.4, 0.5) is 5.69 Å². The molecule has 0 bridgehead atoms. The molecule has 0 aromatic heterocycles. The lowest BCUT2D eigenvalue weighted by Gasteiger charge is -2.14. The number of nitrogens with zero attached hydrogens (tertiary/aromatic N) is 1. The first-order valence-electron chi connectivity index (χ1n) is 6.88. The summed E-state index contributed by atoms with van der Waals surface area (Å²) in [4.78, 5) is 48.3. The monoisotopic (exact) mass is 325 g/mol. The summed E-state index contributed by atoms with van der Waals surface area (Å²) in [5.74, 6) is -2.87. The first kappa shape index (κ1) is 15.4. The quantitative estimate of drug-likeness (QED) is 0.684. The normalized spacial score (nSPS) is 13.0. The fraction of sp³-hybridized carbons (Fsp3) is 0.0588. The van der Waals surface area contributed by atoms with Crippen LogP contribution in [0.1, 0.15) is 41.4 Å². The Morgan fingerprint density at radius 1 is 0.917 bits per heavy atom. The zero-order chi connectivity index (χ0) is 17.4. The van der Waals surface area contributed by atoms with E-state index in [-0.39, 0.29) is 27.9 Å². The summed E-state index contributed by atoms with van der Waals surface area (Å²) >= 11 is 0. The number of esters is 1. The number of rotatable bonds is 3. The zero-order valence-corrected chi connectivity index (χ0v) is 12.5. The van der Waals surface area contributed by atoms with Crippen LogP contribution < -0.4 is 4.90 Å². The van der Waals surface area contributed by atoms with Crippen molar-refractivity contribution in [1.82, 2.24) is 0 Å². The Bertz CT molecular complexity index is 884. The van der Waals surface area contributed by atoms with Crippen molar-refractivity contribution in [3.05, 3.63) is 64.7 Å². The van der Waals surface area contributed by atoms with Crippen molar-refractivity contribution >= 4 is 29.4 Å². The van der Waals surface area contributed by atoms with E-state index in [4.69, 9.17) is 5.11 Å². The molecule has 7 nitrogen and oxygen atoms in total. The SMILES string of the molecule is COC(=O)c1ccc(N2C(=O)c3ccc(C(=O)O)cc3C2=O)cc1. The summed E-state index contributed by atoms with van der Waals surface area (Å²) in [5.41, 5.74) is 0.675. The van der Waals surface area contributed by atoms with Gasteiger partial charge in [0.25, 0.3) is 11.8 Å². The Morgan fingerprint density at radius 3 is 2.08 bits per heavy atom. The summed E-state index contributed by atoms with van der Waals surface area (Å²) in [7, 11) is 1.25. The third-order valence-electron chi connectivity index (χ3n) is 3.68. The lowest BCUT2D eigenvalue weighted by Crippen LogP contribution is -2.29. The largest absolute Gasteiger partial charge is 0.478 e. The van der Waals surface area contributed by atoms with Crippen LogP contribution in [0.25, 0.3) is 0 Å². The Hall–Kier alpha value is -3.48. The van der Waals surface area contributed by atoms with Gasteiger partial charge in [-0.05, 0) is 42.5 Å². The molecular formula is C17H11NO6. The number of hydrogen-bond donors (Lipinski definition) is 1. The van der Waals surface area contributed by atoms with Gasteiger partial charge in [-0.2, -0.15) is 0 Å². The van der Waals surface area contributed by atoms with E-state index in [0.717, 1.165) is 4.90 Å². The van der Waals surface area contributed by atoms with Gasteiger partial charge in [-0.15, -0.1) is 0 Å². The fourth-order valence-corrected chi connectivity index (χ4v) is 2.47. The number of imide groups is 1. The number of amides is 2. The van der Waals surface area contributed by atoms with Crippen LogP contribution in [-0.4, -0.2) is 36.0 Å². The molecule has 7 heteroatoms. The molecule has 0 spiro atoms. The molecule has 1 aliphatic heterocycles. The summed E-state index contributed by atoms with van der Waals surface area (Å²) in [6.45, 7) is 0. The van der Waals surface area contributed by atoms with Gasteiger partial charge in [-0.3, -0.25) is 9.59 Å². The molecule has 1 aliphatic rings. The van der Waals surface area contributed by atoms with E-state index in [0.29, 0.717) is 0 Å². The van der Waals surface area contributed by atoms with Gasteiger partial charge in [0.2, 0.25) is 0 Å². The van der Waals surface area contributed by atoms with Crippen molar-refractivity contribution in [2.24, 2.45) is 0 Å². The second-order valence-corrected chi connectivity index (χ2v) is 5.05. The molecular weight excluding hydrogens is 314 g/mol. The van der Waals surface area contributed by atoms with Crippen molar-refractivity contribution in [3.63, 3.8) is 0 Å². The molecule has 1 heterocycles. The number of aromatic carboxylic acids is 1. The maximum Gasteiger partial charge on any atom is 0.337 e. The van der Waals surface area contributed by atoms with Gasteiger partial charge >= 0.3 is 11.9 Å². The van der Waals surface area contributed by atoms with Crippen LogP contribution in [0.5, 0.6) is 0 Å². The standard InChI is InChI=1S/C17H11NO6/c1-24-17(23)9-2-5-11(6-3-9)18-14(19)12-7-4-10(16(21)22)8-13(12)15(18)20/h2-8H,1H3,(H,21,22). The number of carboxylic acids is 1. The van der Waals surface area contributed by atoms with Crippen LogP contribution in [0, 0.1) is 0 Å². The van der Waals surface area contributed by atoms with E-state index >= 15 is 0 Å². The second kappa shape index (κ2) is 5.62. The summed E-state index contributed by atoms with van der Waals surface area (Å²) < 4.78 is 4.59. The van der Waals surface area contributed by atoms with E-state index in [2.05, 4.69) is 4.74 Å². The Morgan fingerprint density at radius 2 is 1.50 bits per heavy atom. The molecule has 2 aromatic carbocycles. The van der Waals surface area contributed by atoms with E-state index < -0.39 is 23.8 Å². The predicted octanol–water partition coefficient (Wildman–Crippen LogP) is 1.97. The van der Waals surface area contributed by atoms with Crippen LogP contribution in [0.2, 0.25) is 0 Å². The van der Waals surface area contributed by atoms with Crippen molar-refractivity contribution in [1.29, 1.82) is 0 Å². The van der Waals surface area contributed by atoms with Crippen molar-refractivity contribution < 1.29 is 29.0 Å². The van der Waals surface area contributed by atoms with Gasteiger partial charge in [-0.1, -0.05) is 0 Å². The Labute approximate surface area is 136 Å². The lowest BCUT2D eigenvalue weighted by atomic mass is 10.1. The van der Waals surface area contributed by atoms with E-state index in [1.165, 1.54) is 49.6 Å². The molecule has 2 aromatic rings. The topological polar surface area (TPSA) is 101 Å². The van der Waals surface area contributed by atoms with Crippen molar-refractivity contribution in [2.75, 3.05) is 12.0 Å². The molecule has 0 fully saturated rings. The molecule has 2 amide bonds. The van der Waals surface area contributed by atoms with Gasteiger partial charge in [0.15, 0.2) is 0 Å². The lowest BCUT2D eigenvalue weighted by molar-refractivity contribution is 0.0599. The number of carboxylic acid groups (broad SMARTS) is 1. The minimum atomic E-state index is -1.18. The van der Waals surface area contributed by atoms with E-state index in [1.54, 1.807) is 0 Å². The first-order valence-corrected chi connectivity index (χ1v) is 6.88. The molecule has 120 valence electrons. The summed E-state index contributed by atoms with van der Waals surface area (Å²) in [6, 6.07) is 9.55. The van der Waals surface area contributed by atoms with Crippen LogP contribution in [0.3, 0.4) is 0 Å². The molecule has 24 heavy (non-hydrogen) atoms. The molecule has 0 radical (unpaired) electrons. The number of hydrogen-bond acceptors (Lipinski definition) is 5. The van der Waals surface area contributed by atoms with Crippen molar-refractivity contribution in [3.8, 4) is 0 Å². The minimum Gasteiger partial charge on any atom is -0.478 e. The van der Waals surface area contributed by atoms with Crippen LogP contribution >= 0.6 is 0 Å². The highest BCUT2D eigenvalue weighted by atomic mass is 16.5. The highest BCUT2D eigenvalue weighted by Gasteiger charge is 2.37. The average Bonchev–Trinajstić information content (AvgIpc) is 2.85. The maximum atomic E-state index is 12.5. The number of benzene rings is 2. The van der Waals surface area contributed by atoms with Gasteiger partial charge in [0.05, 0.1) is 35.1 Å². The molecule has 0 aliphatic carbocycles. The summed E-state index contributed by atoms with van der Waals surface area (Å²) in [5, 5.41) is 9.00. The second-order valence-electron chi connectivity index (χ2n) is 5.05. The van der Waals surface area contributed by atoms with Crippen LogP contribution in [0.15, 0.2) is 42.5 Å². The highest BCUT2D eigenvalue weighted by molar-refractivity contribution is 6.34. The maximum absolute atomic E-state index is 12.5. The van der Waals surface area contributed by atoms with Gasteiger partial charge < -0.3 is 9.84 Å². The van der Waals surface area contributed by atoms with Gasteiger partial charge in [0.1, 0.15) is 0 Å². The molecule has 3 rings (SSSR count). The molecule has 0 saturated heterocycles. The predicted molar refractivity (Wildman–Crippen MR) is 82.3 cm³/mol. The zero-order valence-electron chi connectivity index (χ0n) is 12.5. The number of anilines is 1. The Kier molecular flexibility index (Phi) is 3.61. The third-order valence-corrected chi connectivity index (χ3v) is 3.68. The fourth-order valence-electron chi connectivity index (χ4n) is 2.47. The van der Waals surface area contributed by atoms with Crippen LogP contribution in [-0.2, 0) is 4.74 Å². The molecule has 0 saturated carbocycles. The van der Waals surface area contributed by atoms with E-state index in [9.17, 15) is 19.2 Å². The first-order chi connectivity index (χ1) is 11.4. The van der Waals surface area contributed by atoms with Gasteiger partial charge in [-0.25, -0.2) is 14.5 Å². The smallest absolute Gasteiger partial charge is 0.337 e. The van der Waals surface area contributed by atoms with E-state index in [1.807, 2.05) is 0 Å². The number of ether oxygens (including phenoxy) is 1. The number of fused-ring (bicyclic) bond motifs is 1. The minimum absolute atomic E-state index is 0.0388. The molecule has 0 unspecified atom stereocenters. The van der Waals surface area contributed by atoms with Gasteiger partial charge in [0, 0.05) is 0 Å². The molecule has 1 N–H and O–H groups in total. The number of methoxy groups -OCH3 is 1.